The molecule has 2 fully saturated rings. The zero-order chi connectivity index (χ0) is 22.7. The summed E-state index contributed by atoms with van der Waals surface area (Å²) in [5, 5.41) is 14.1. The van der Waals surface area contributed by atoms with Crippen LogP contribution in [0.3, 0.4) is 0 Å². The fourth-order valence-electron chi connectivity index (χ4n) is 5.11. The van der Waals surface area contributed by atoms with Gasteiger partial charge in [0.05, 0.1) is 10.7 Å². The van der Waals surface area contributed by atoms with Crippen molar-refractivity contribution in [2.75, 3.05) is 42.9 Å². The van der Waals surface area contributed by atoms with Crippen LogP contribution in [0.25, 0.3) is 0 Å². The Hall–Kier alpha value is -2.24. The number of amides is 1. The molecule has 2 aromatic rings. The summed E-state index contributed by atoms with van der Waals surface area (Å²) in [5.41, 5.74) is 3.04. The molecule has 6 heteroatoms. The number of nitrogens with one attached hydrogen (secondary N) is 1. The number of halogens is 1. The maximum absolute atomic E-state index is 13.0. The number of hydrogen-bond donors (Lipinski definition) is 2. The van der Waals surface area contributed by atoms with Gasteiger partial charge in [-0.15, -0.1) is 0 Å². The van der Waals surface area contributed by atoms with Gasteiger partial charge in [-0.25, -0.2) is 0 Å². The first-order chi connectivity index (χ1) is 15.4. The molecule has 32 heavy (non-hydrogen) atoms. The third-order valence-electron chi connectivity index (χ3n) is 7.23. The van der Waals surface area contributed by atoms with Crippen LogP contribution in [0.1, 0.15) is 61.9 Å². The molecule has 0 radical (unpaired) electrons. The molecule has 0 spiro atoms. The molecule has 1 heterocycles. The Labute approximate surface area is 196 Å². The molecule has 2 aliphatic rings. The lowest BCUT2D eigenvalue weighted by molar-refractivity contribution is 0.102. The number of rotatable bonds is 5. The van der Waals surface area contributed by atoms with Crippen LogP contribution in [0, 0.1) is 0 Å². The number of nitrogens with zero attached hydrogens (tertiary/aromatic N) is 2. The van der Waals surface area contributed by atoms with Crippen molar-refractivity contribution in [3.05, 3.63) is 52.5 Å². The van der Waals surface area contributed by atoms with Gasteiger partial charge in [0.25, 0.3) is 5.91 Å². The van der Waals surface area contributed by atoms with Gasteiger partial charge in [-0.3, -0.25) is 4.79 Å². The van der Waals surface area contributed by atoms with E-state index in [4.69, 9.17) is 11.6 Å². The Kier molecular flexibility index (Phi) is 6.96. The van der Waals surface area contributed by atoms with E-state index in [1.165, 1.54) is 6.42 Å². The number of carbonyl (C=O) groups excluding carboxylic acids is 1. The van der Waals surface area contributed by atoms with Crippen molar-refractivity contribution in [1.29, 1.82) is 0 Å². The summed E-state index contributed by atoms with van der Waals surface area (Å²) in [4.78, 5) is 17.7. The zero-order valence-electron chi connectivity index (χ0n) is 19.2. The topological polar surface area (TPSA) is 55.8 Å². The molecular formula is C26H34ClN3O2. The minimum atomic E-state index is -0.189. The van der Waals surface area contributed by atoms with Gasteiger partial charge in [0.1, 0.15) is 5.75 Å². The molecule has 1 amide bonds. The second kappa shape index (κ2) is 9.72. The second-order valence-electron chi connectivity index (χ2n) is 9.39. The van der Waals surface area contributed by atoms with Crippen LogP contribution >= 0.6 is 11.6 Å². The third-order valence-corrected chi connectivity index (χ3v) is 7.53. The van der Waals surface area contributed by atoms with Gasteiger partial charge < -0.3 is 20.2 Å². The molecule has 1 aliphatic heterocycles. The standard InChI is InChI=1S/C26H34ClN3O2/c1-3-29-13-15-30(16-14-29)23-9-8-20(18-22(23)27)28-25(32)19-7-10-24(31)21(17-19)26(2)11-5-4-6-12-26/h7-10,17-18,31H,3-6,11-16H2,1-2H3,(H,28,32). The van der Waals surface area contributed by atoms with Crippen molar-refractivity contribution in [2.24, 2.45) is 0 Å². The molecule has 0 bridgehead atoms. The predicted octanol–water partition coefficient (Wildman–Crippen LogP) is 5.66. The Morgan fingerprint density at radius 1 is 1.06 bits per heavy atom. The van der Waals surface area contributed by atoms with Gasteiger partial charge in [-0.05, 0) is 61.2 Å². The van der Waals surface area contributed by atoms with Crippen LogP contribution in [-0.2, 0) is 5.41 Å². The second-order valence-corrected chi connectivity index (χ2v) is 9.80. The van der Waals surface area contributed by atoms with Gasteiger partial charge in [0.15, 0.2) is 0 Å². The number of phenols is 1. The fourth-order valence-corrected chi connectivity index (χ4v) is 5.41. The molecule has 1 saturated carbocycles. The van der Waals surface area contributed by atoms with Crippen LogP contribution in [0.5, 0.6) is 5.75 Å². The average Bonchev–Trinajstić information content (AvgIpc) is 2.80. The summed E-state index contributed by atoms with van der Waals surface area (Å²) < 4.78 is 0. The number of benzene rings is 2. The number of phenolic OH excluding ortho intramolecular Hbond substituents is 1. The number of likely N-dealkylation sites (N-methyl/N-ethyl adjacent to an activating group) is 1. The molecule has 2 aromatic carbocycles. The summed E-state index contributed by atoms with van der Waals surface area (Å²) in [7, 11) is 0. The van der Waals surface area contributed by atoms with E-state index in [-0.39, 0.29) is 17.1 Å². The number of aromatic hydroxyl groups is 1. The van der Waals surface area contributed by atoms with Crippen molar-refractivity contribution < 1.29 is 9.90 Å². The third kappa shape index (κ3) is 4.89. The highest BCUT2D eigenvalue weighted by Crippen LogP contribution is 2.43. The van der Waals surface area contributed by atoms with Crippen LogP contribution < -0.4 is 10.2 Å². The quantitative estimate of drug-likeness (QED) is 0.610. The van der Waals surface area contributed by atoms with Crippen molar-refractivity contribution in [1.82, 2.24) is 4.90 Å². The van der Waals surface area contributed by atoms with E-state index in [1.54, 1.807) is 12.1 Å². The molecular weight excluding hydrogens is 422 g/mol. The van der Waals surface area contributed by atoms with Gasteiger partial charge in [-0.1, -0.05) is 44.7 Å². The fraction of sp³-hybridized carbons (Fsp3) is 0.500. The largest absolute Gasteiger partial charge is 0.508 e. The van der Waals surface area contributed by atoms with E-state index in [0.29, 0.717) is 16.3 Å². The first-order valence-electron chi connectivity index (χ1n) is 11.8. The minimum Gasteiger partial charge on any atom is -0.508 e. The average molecular weight is 456 g/mol. The lowest BCUT2D eigenvalue weighted by Gasteiger charge is -2.36. The molecule has 1 saturated heterocycles. The lowest BCUT2D eigenvalue weighted by Crippen LogP contribution is -2.46. The van der Waals surface area contributed by atoms with Gasteiger partial charge in [0.2, 0.25) is 0 Å². The summed E-state index contributed by atoms with van der Waals surface area (Å²) >= 11 is 6.59. The molecule has 4 rings (SSSR count). The van der Waals surface area contributed by atoms with E-state index in [9.17, 15) is 9.90 Å². The van der Waals surface area contributed by atoms with Gasteiger partial charge in [0, 0.05) is 43.0 Å². The van der Waals surface area contributed by atoms with E-state index >= 15 is 0 Å². The molecule has 0 atom stereocenters. The maximum atomic E-state index is 13.0. The molecule has 0 aromatic heterocycles. The van der Waals surface area contributed by atoms with Crippen molar-refractivity contribution >= 4 is 28.9 Å². The number of piperazine rings is 1. The minimum absolute atomic E-state index is 0.0780. The maximum Gasteiger partial charge on any atom is 0.255 e. The van der Waals surface area contributed by atoms with Gasteiger partial charge >= 0.3 is 0 Å². The normalized spacial score (nSPS) is 19.0. The Morgan fingerprint density at radius 3 is 2.44 bits per heavy atom. The predicted molar refractivity (Wildman–Crippen MR) is 132 cm³/mol. The highest BCUT2D eigenvalue weighted by atomic mass is 35.5. The smallest absolute Gasteiger partial charge is 0.255 e. The summed E-state index contributed by atoms with van der Waals surface area (Å²) in [6, 6.07) is 10.9. The van der Waals surface area contributed by atoms with E-state index in [1.807, 2.05) is 24.3 Å². The van der Waals surface area contributed by atoms with E-state index in [0.717, 1.165) is 69.7 Å². The Bertz CT molecular complexity index is 964. The Morgan fingerprint density at radius 2 is 1.78 bits per heavy atom. The summed E-state index contributed by atoms with van der Waals surface area (Å²) in [5.74, 6) is 0.0903. The zero-order valence-corrected chi connectivity index (χ0v) is 19.9. The van der Waals surface area contributed by atoms with Crippen LogP contribution in [-0.4, -0.2) is 48.6 Å². The summed E-state index contributed by atoms with van der Waals surface area (Å²) in [6.07, 6.45) is 5.63. The van der Waals surface area contributed by atoms with Crippen LogP contribution in [0.2, 0.25) is 5.02 Å². The Balaban J connectivity index is 1.47. The first-order valence-corrected chi connectivity index (χ1v) is 12.2. The molecule has 1 aliphatic carbocycles. The SMILES string of the molecule is CCN1CCN(c2ccc(NC(=O)c3ccc(O)c(C4(C)CCCCC4)c3)cc2Cl)CC1. The molecule has 172 valence electrons. The molecule has 2 N–H and O–H groups in total. The summed E-state index contributed by atoms with van der Waals surface area (Å²) in [6.45, 7) is 9.43. The van der Waals surface area contributed by atoms with Gasteiger partial charge in [-0.2, -0.15) is 0 Å². The molecule has 0 unspecified atom stereocenters. The van der Waals surface area contributed by atoms with Crippen molar-refractivity contribution in [3.8, 4) is 5.75 Å². The number of hydrogen-bond acceptors (Lipinski definition) is 4. The lowest BCUT2D eigenvalue weighted by atomic mass is 9.70. The number of carbonyl (C=O) groups is 1. The first kappa shape index (κ1) is 22.9. The molecule has 5 nitrogen and oxygen atoms in total. The van der Waals surface area contributed by atoms with Crippen LogP contribution in [0.4, 0.5) is 11.4 Å². The van der Waals surface area contributed by atoms with Crippen LogP contribution in [0.15, 0.2) is 36.4 Å². The number of anilines is 2. The highest BCUT2D eigenvalue weighted by Gasteiger charge is 2.31. The van der Waals surface area contributed by atoms with E-state index < -0.39 is 0 Å². The van der Waals surface area contributed by atoms with Crippen molar-refractivity contribution in [2.45, 2.75) is 51.4 Å². The monoisotopic (exact) mass is 455 g/mol. The highest BCUT2D eigenvalue weighted by molar-refractivity contribution is 6.33. The van der Waals surface area contributed by atoms with E-state index in [2.05, 4.69) is 29.0 Å². The van der Waals surface area contributed by atoms with Crippen molar-refractivity contribution in [3.63, 3.8) is 0 Å².